The van der Waals surface area contributed by atoms with Crippen molar-refractivity contribution < 1.29 is 9.50 Å². The Morgan fingerprint density at radius 3 is 2.72 bits per heavy atom. The fourth-order valence-electron chi connectivity index (χ4n) is 2.51. The van der Waals surface area contributed by atoms with E-state index >= 15 is 0 Å². The van der Waals surface area contributed by atoms with Crippen molar-refractivity contribution in [2.75, 3.05) is 12.3 Å². The smallest absolute Gasteiger partial charge is 0.251 e. The molecule has 2 heterocycles. The van der Waals surface area contributed by atoms with Gasteiger partial charge in [0.15, 0.2) is 0 Å². The molecular formula is C17H14ClFN4O2. The summed E-state index contributed by atoms with van der Waals surface area (Å²) in [5.41, 5.74) is 6.81. The molecule has 3 rings (SSSR count). The van der Waals surface area contributed by atoms with Crippen molar-refractivity contribution in [3.05, 3.63) is 75.5 Å². The fraction of sp³-hybridized carbons (Fsp3) is 0.118. The van der Waals surface area contributed by atoms with E-state index in [0.717, 1.165) is 0 Å². The van der Waals surface area contributed by atoms with Gasteiger partial charge in [-0.15, -0.1) is 0 Å². The van der Waals surface area contributed by atoms with E-state index in [1.54, 1.807) is 12.1 Å². The van der Waals surface area contributed by atoms with E-state index in [9.17, 15) is 14.3 Å². The molecule has 0 aliphatic carbocycles. The van der Waals surface area contributed by atoms with Gasteiger partial charge in [-0.2, -0.15) is 0 Å². The molecule has 0 radical (unpaired) electrons. The van der Waals surface area contributed by atoms with Crippen LogP contribution in [0.1, 0.15) is 11.6 Å². The molecule has 1 atom stereocenters. The van der Waals surface area contributed by atoms with E-state index in [-0.39, 0.29) is 23.1 Å². The molecule has 0 aliphatic rings. The number of hydrogen-bond acceptors (Lipinski definition) is 5. The lowest BCUT2D eigenvalue weighted by Gasteiger charge is -2.18. The van der Waals surface area contributed by atoms with Crippen molar-refractivity contribution in [2.24, 2.45) is 0 Å². The number of rotatable bonds is 4. The van der Waals surface area contributed by atoms with Crippen molar-refractivity contribution >= 4 is 17.5 Å². The van der Waals surface area contributed by atoms with E-state index in [1.807, 2.05) is 0 Å². The lowest BCUT2D eigenvalue weighted by molar-refractivity contribution is 0.247. The monoisotopic (exact) mass is 360 g/mol. The quantitative estimate of drug-likeness (QED) is 0.744. The van der Waals surface area contributed by atoms with Gasteiger partial charge in [0.05, 0.1) is 23.4 Å². The number of nitrogens with two attached hydrogens (primary N) is 1. The molecule has 3 aromatic rings. The molecular weight excluding hydrogens is 347 g/mol. The number of pyridine rings is 1. The number of aliphatic hydroxyl groups is 1. The normalized spacial score (nSPS) is 12.1. The zero-order valence-corrected chi connectivity index (χ0v) is 13.7. The van der Waals surface area contributed by atoms with Crippen LogP contribution >= 0.6 is 11.6 Å². The summed E-state index contributed by atoms with van der Waals surface area (Å²) in [5.74, 6) is -0.456. The number of aliphatic hydroxyl groups excluding tert-OH is 1. The second kappa shape index (κ2) is 7.00. The Hall–Kier alpha value is -2.77. The zero-order chi connectivity index (χ0) is 18.0. The molecule has 1 aromatic carbocycles. The Balaban J connectivity index is 2.01. The van der Waals surface area contributed by atoms with Gasteiger partial charge < -0.3 is 15.4 Å². The van der Waals surface area contributed by atoms with Crippen LogP contribution in [-0.2, 0) is 0 Å². The summed E-state index contributed by atoms with van der Waals surface area (Å²) < 4.78 is 14.7. The highest BCUT2D eigenvalue weighted by Gasteiger charge is 2.16. The van der Waals surface area contributed by atoms with Gasteiger partial charge in [0, 0.05) is 24.0 Å². The lowest BCUT2D eigenvalue weighted by Crippen LogP contribution is -2.26. The molecule has 1 unspecified atom stereocenters. The van der Waals surface area contributed by atoms with Crippen LogP contribution in [0, 0.1) is 5.82 Å². The third-order valence-electron chi connectivity index (χ3n) is 3.76. The van der Waals surface area contributed by atoms with Gasteiger partial charge in [0.25, 0.3) is 5.56 Å². The maximum Gasteiger partial charge on any atom is 0.251 e. The highest BCUT2D eigenvalue weighted by atomic mass is 35.5. The zero-order valence-electron chi connectivity index (χ0n) is 12.9. The lowest BCUT2D eigenvalue weighted by atomic mass is 10.1. The van der Waals surface area contributed by atoms with Crippen molar-refractivity contribution in [1.82, 2.24) is 14.5 Å². The molecule has 2 aromatic heterocycles. The van der Waals surface area contributed by atoms with Gasteiger partial charge in [-0.3, -0.25) is 4.79 Å². The predicted molar refractivity (Wildman–Crippen MR) is 92.8 cm³/mol. The first-order chi connectivity index (χ1) is 12.0. The van der Waals surface area contributed by atoms with Crippen molar-refractivity contribution in [1.29, 1.82) is 0 Å². The summed E-state index contributed by atoms with van der Waals surface area (Å²) in [4.78, 5) is 20.4. The van der Waals surface area contributed by atoms with E-state index in [0.29, 0.717) is 16.8 Å². The average Bonchev–Trinajstić information content (AvgIpc) is 2.60. The van der Waals surface area contributed by atoms with E-state index in [4.69, 9.17) is 17.3 Å². The largest absolute Gasteiger partial charge is 0.394 e. The first kappa shape index (κ1) is 17.1. The molecule has 128 valence electrons. The minimum atomic E-state index is -0.685. The Morgan fingerprint density at radius 2 is 2.08 bits per heavy atom. The fourth-order valence-corrected chi connectivity index (χ4v) is 2.70. The number of hydrogen-bond donors (Lipinski definition) is 2. The Kier molecular flexibility index (Phi) is 4.78. The summed E-state index contributed by atoms with van der Waals surface area (Å²) in [5, 5.41) is 9.63. The molecule has 25 heavy (non-hydrogen) atoms. The molecule has 0 aliphatic heterocycles. The topological polar surface area (TPSA) is 94.0 Å². The van der Waals surface area contributed by atoms with E-state index in [1.165, 1.54) is 41.2 Å². The van der Waals surface area contributed by atoms with Crippen LogP contribution < -0.4 is 11.3 Å². The van der Waals surface area contributed by atoms with Crippen LogP contribution in [0.5, 0.6) is 0 Å². The van der Waals surface area contributed by atoms with E-state index < -0.39 is 11.9 Å². The van der Waals surface area contributed by atoms with Crippen molar-refractivity contribution in [2.45, 2.75) is 6.04 Å². The van der Waals surface area contributed by atoms with Gasteiger partial charge in [0.2, 0.25) is 5.95 Å². The first-order valence-corrected chi connectivity index (χ1v) is 7.74. The maximum absolute atomic E-state index is 13.3. The number of nitrogen functional groups attached to an aromatic ring is 1. The molecule has 3 N–H and O–H groups in total. The third-order valence-corrected chi connectivity index (χ3v) is 4.04. The summed E-state index contributed by atoms with van der Waals surface area (Å²) >= 11 is 5.79. The van der Waals surface area contributed by atoms with Gasteiger partial charge in [-0.25, -0.2) is 14.4 Å². The second-order valence-electron chi connectivity index (χ2n) is 5.33. The Labute approximate surface area is 147 Å². The Bertz CT molecular complexity index is 977. The third kappa shape index (κ3) is 3.52. The summed E-state index contributed by atoms with van der Waals surface area (Å²) in [7, 11) is 0. The number of benzene rings is 1. The number of nitrogens with zero attached hydrogens (tertiary/aromatic N) is 3. The standard InChI is InChI=1S/C17H14ClFN4O2/c18-12-7-11(1-2-13(12)19)15(9-24)23-6-4-10(8-16(23)25)14-3-5-21-17(20)22-14/h1-8,15,24H,9H2,(H2,20,21,22). The van der Waals surface area contributed by atoms with Crippen molar-refractivity contribution in [3.8, 4) is 11.3 Å². The molecule has 0 amide bonds. The highest BCUT2D eigenvalue weighted by Crippen LogP contribution is 2.23. The van der Waals surface area contributed by atoms with Crippen LogP contribution in [0.15, 0.2) is 53.6 Å². The summed E-state index contributed by atoms with van der Waals surface area (Å²) in [6.45, 7) is -0.346. The average molecular weight is 361 g/mol. The number of aromatic nitrogens is 3. The maximum atomic E-state index is 13.3. The molecule has 0 fully saturated rings. The molecule has 6 nitrogen and oxygen atoms in total. The highest BCUT2D eigenvalue weighted by molar-refractivity contribution is 6.30. The molecule has 0 bridgehead atoms. The van der Waals surface area contributed by atoms with Crippen LogP contribution in [0.4, 0.5) is 10.3 Å². The van der Waals surface area contributed by atoms with Gasteiger partial charge in [-0.05, 0) is 29.8 Å². The minimum absolute atomic E-state index is 0.0721. The minimum Gasteiger partial charge on any atom is -0.394 e. The van der Waals surface area contributed by atoms with E-state index in [2.05, 4.69) is 9.97 Å². The van der Waals surface area contributed by atoms with Crippen LogP contribution in [-0.4, -0.2) is 26.2 Å². The summed E-state index contributed by atoms with van der Waals surface area (Å²) in [6.07, 6.45) is 3.04. The molecule has 0 saturated heterocycles. The second-order valence-corrected chi connectivity index (χ2v) is 5.74. The SMILES string of the molecule is Nc1nccc(-c2ccn(C(CO)c3ccc(F)c(Cl)c3)c(=O)c2)n1. The number of anilines is 1. The number of halogens is 2. The summed E-state index contributed by atoms with van der Waals surface area (Å²) in [6, 6.07) is 8.08. The molecule has 0 saturated carbocycles. The van der Waals surface area contributed by atoms with Crippen LogP contribution in [0.2, 0.25) is 5.02 Å². The first-order valence-electron chi connectivity index (χ1n) is 7.36. The molecule has 8 heteroatoms. The predicted octanol–water partition coefficient (Wildman–Crippen LogP) is 2.26. The van der Waals surface area contributed by atoms with Crippen molar-refractivity contribution in [3.63, 3.8) is 0 Å². The van der Waals surface area contributed by atoms with Gasteiger partial charge in [0.1, 0.15) is 5.82 Å². The van der Waals surface area contributed by atoms with Crippen LogP contribution in [0.3, 0.4) is 0 Å². The Morgan fingerprint density at radius 1 is 1.28 bits per heavy atom. The van der Waals surface area contributed by atoms with Crippen LogP contribution in [0.25, 0.3) is 11.3 Å². The van der Waals surface area contributed by atoms with Gasteiger partial charge in [-0.1, -0.05) is 17.7 Å². The van der Waals surface area contributed by atoms with Gasteiger partial charge >= 0.3 is 0 Å². The molecule has 0 spiro atoms.